The van der Waals surface area contributed by atoms with Crippen LogP contribution in [0.2, 0.25) is 0 Å². The zero-order valence-electron chi connectivity index (χ0n) is 10.5. The van der Waals surface area contributed by atoms with Gasteiger partial charge in [-0.2, -0.15) is 0 Å². The van der Waals surface area contributed by atoms with E-state index in [4.69, 9.17) is 5.11 Å². The second-order valence-electron chi connectivity index (χ2n) is 4.87. The smallest absolute Gasteiger partial charge is 0.309 e. The normalized spacial score (nSPS) is 17.6. The van der Waals surface area contributed by atoms with Gasteiger partial charge in [0.15, 0.2) is 0 Å². The van der Waals surface area contributed by atoms with E-state index in [9.17, 15) is 4.79 Å². The first-order valence-corrected chi connectivity index (χ1v) is 7.50. The largest absolute Gasteiger partial charge is 0.481 e. The van der Waals surface area contributed by atoms with E-state index in [2.05, 4.69) is 10.3 Å². The first-order chi connectivity index (χ1) is 8.74. The topological polar surface area (TPSA) is 62.2 Å². The molecule has 0 radical (unpaired) electrons. The van der Waals surface area contributed by atoms with Gasteiger partial charge in [-0.05, 0) is 12.8 Å². The quantitative estimate of drug-likeness (QED) is 0.806. The fourth-order valence-electron chi connectivity index (χ4n) is 2.38. The Bertz CT molecular complexity index is 384. The molecule has 1 saturated carbocycles. The van der Waals surface area contributed by atoms with Crippen molar-refractivity contribution in [3.63, 3.8) is 0 Å². The number of nitrogens with zero attached hydrogens (tertiary/aromatic N) is 1. The Morgan fingerprint density at radius 1 is 1.39 bits per heavy atom. The predicted molar refractivity (Wildman–Crippen MR) is 71.8 cm³/mol. The van der Waals surface area contributed by atoms with Crippen LogP contribution >= 0.6 is 11.3 Å². The van der Waals surface area contributed by atoms with E-state index >= 15 is 0 Å². The predicted octanol–water partition coefficient (Wildman–Crippen LogP) is 2.58. The van der Waals surface area contributed by atoms with Crippen molar-refractivity contribution in [3.05, 3.63) is 16.1 Å². The van der Waals surface area contributed by atoms with Crippen molar-refractivity contribution in [1.29, 1.82) is 0 Å². The summed E-state index contributed by atoms with van der Waals surface area (Å²) in [5.74, 6) is -0.816. The summed E-state index contributed by atoms with van der Waals surface area (Å²) in [4.78, 5) is 14.9. The van der Waals surface area contributed by atoms with Crippen LogP contribution in [0, 0.1) is 0 Å². The second-order valence-corrected chi connectivity index (χ2v) is 5.82. The summed E-state index contributed by atoms with van der Waals surface area (Å²) in [5.41, 5.74) is 0.671. The molecule has 4 nitrogen and oxygen atoms in total. The van der Waals surface area contributed by atoms with Crippen LogP contribution in [0.5, 0.6) is 0 Å². The molecule has 0 saturated heterocycles. The molecular weight excluding hydrogens is 248 g/mol. The zero-order valence-corrected chi connectivity index (χ0v) is 11.3. The fourth-order valence-corrected chi connectivity index (χ4v) is 3.13. The minimum atomic E-state index is -0.816. The molecule has 0 unspecified atom stereocenters. The molecule has 0 aromatic carbocycles. The third-order valence-electron chi connectivity index (χ3n) is 3.33. The average molecular weight is 268 g/mol. The molecule has 0 bridgehead atoms. The molecule has 2 rings (SSSR count). The molecule has 5 heteroatoms. The molecule has 1 heterocycles. The van der Waals surface area contributed by atoms with Gasteiger partial charge in [-0.3, -0.25) is 4.79 Å². The highest BCUT2D eigenvalue weighted by molar-refractivity contribution is 7.09. The summed E-state index contributed by atoms with van der Waals surface area (Å²) >= 11 is 1.55. The van der Waals surface area contributed by atoms with Gasteiger partial charge in [-0.15, -0.1) is 11.3 Å². The van der Waals surface area contributed by atoms with E-state index < -0.39 is 5.97 Å². The van der Waals surface area contributed by atoms with Crippen LogP contribution in [0.1, 0.15) is 49.2 Å². The standard InChI is InChI=1S/C13H20N2O2S/c16-13(17)7-11-9-18-12(15-11)8-14-10-5-3-1-2-4-6-10/h9-10,14H,1-8H2,(H,16,17). The molecule has 0 amide bonds. The highest BCUT2D eigenvalue weighted by Gasteiger charge is 2.12. The Hall–Kier alpha value is -0.940. The number of aliphatic carboxylic acids is 1. The van der Waals surface area contributed by atoms with Gasteiger partial charge in [0.05, 0.1) is 12.1 Å². The van der Waals surface area contributed by atoms with Gasteiger partial charge in [0.2, 0.25) is 0 Å². The number of aromatic nitrogens is 1. The molecular formula is C13H20N2O2S. The average Bonchev–Trinajstić information content (AvgIpc) is 2.61. The lowest BCUT2D eigenvalue weighted by Crippen LogP contribution is -2.27. The maximum Gasteiger partial charge on any atom is 0.309 e. The summed E-state index contributed by atoms with van der Waals surface area (Å²) < 4.78 is 0. The molecule has 1 fully saturated rings. The minimum Gasteiger partial charge on any atom is -0.481 e. The monoisotopic (exact) mass is 268 g/mol. The Balaban J connectivity index is 1.78. The number of carboxylic acid groups (broad SMARTS) is 1. The van der Waals surface area contributed by atoms with E-state index in [1.54, 1.807) is 11.3 Å². The van der Waals surface area contributed by atoms with E-state index in [-0.39, 0.29) is 6.42 Å². The summed E-state index contributed by atoms with van der Waals surface area (Å²) in [6.45, 7) is 0.773. The zero-order chi connectivity index (χ0) is 12.8. The molecule has 1 aliphatic rings. The van der Waals surface area contributed by atoms with Gasteiger partial charge in [-0.1, -0.05) is 25.7 Å². The molecule has 0 spiro atoms. The van der Waals surface area contributed by atoms with E-state index in [0.29, 0.717) is 11.7 Å². The minimum absolute atomic E-state index is 0.0277. The molecule has 1 aromatic heterocycles. The molecule has 18 heavy (non-hydrogen) atoms. The molecule has 0 aliphatic heterocycles. The van der Waals surface area contributed by atoms with Crippen molar-refractivity contribution in [3.8, 4) is 0 Å². The van der Waals surface area contributed by atoms with Crippen LogP contribution in [0.15, 0.2) is 5.38 Å². The van der Waals surface area contributed by atoms with E-state index in [0.717, 1.165) is 11.6 Å². The van der Waals surface area contributed by atoms with Crippen LogP contribution in [-0.2, 0) is 17.8 Å². The van der Waals surface area contributed by atoms with Gasteiger partial charge in [0, 0.05) is 18.0 Å². The Morgan fingerprint density at radius 3 is 2.78 bits per heavy atom. The SMILES string of the molecule is O=C(O)Cc1csc(CNC2CCCCCC2)n1. The number of thiazole rings is 1. The lowest BCUT2D eigenvalue weighted by molar-refractivity contribution is -0.136. The van der Waals surface area contributed by atoms with Crippen molar-refractivity contribution in [2.45, 2.75) is 57.5 Å². The fraction of sp³-hybridized carbons (Fsp3) is 0.692. The van der Waals surface area contributed by atoms with Gasteiger partial charge >= 0.3 is 5.97 Å². The molecule has 100 valence electrons. The van der Waals surface area contributed by atoms with Crippen LogP contribution < -0.4 is 5.32 Å². The summed E-state index contributed by atoms with van der Waals surface area (Å²) in [7, 11) is 0. The number of carbonyl (C=O) groups is 1. The lowest BCUT2D eigenvalue weighted by atomic mass is 10.1. The van der Waals surface area contributed by atoms with Gasteiger partial charge in [-0.25, -0.2) is 4.98 Å². The maximum absolute atomic E-state index is 10.6. The van der Waals surface area contributed by atoms with Crippen molar-refractivity contribution >= 4 is 17.3 Å². The van der Waals surface area contributed by atoms with Gasteiger partial charge < -0.3 is 10.4 Å². The number of hydrogen-bond donors (Lipinski definition) is 2. The highest BCUT2D eigenvalue weighted by Crippen LogP contribution is 2.18. The lowest BCUT2D eigenvalue weighted by Gasteiger charge is -2.14. The third kappa shape index (κ3) is 4.38. The van der Waals surface area contributed by atoms with E-state index in [1.807, 2.05) is 5.38 Å². The molecule has 2 N–H and O–H groups in total. The Labute approximate surface area is 111 Å². The van der Waals surface area contributed by atoms with Crippen molar-refractivity contribution in [2.24, 2.45) is 0 Å². The van der Waals surface area contributed by atoms with Crippen LogP contribution in [0.25, 0.3) is 0 Å². The molecule has 1 aromatic rings. The number of rotatable bonds is 5. The first-order valence-electron chi connectivity index (χ1n) is 6.62. The molecule has 0 atom stereocenters. The van der Waals surface area contributed by atoms with Gasteiger partial charge in [0.25, 0.3) is 0 Å². The third-order valence-corrected chi connectivity index (χ3v) is 4.23. The second kappa shape index (κ2) is 6.85. The summed E-state index contributed by atoms with van der Waals surface area (Å²) in [6.07, 6.45) is 7.90. The molecule has 1 aliphatic carbocycles. The summed E-state index contributed by atoms with van der Waals surface area (Å²) in [6, 6.07) is 0.610. The van der Waals surface area contributed by atoms with Crippen LogP contribution in [0.4, 0.5) is 0 Å². The van der Waals surface area contributed by atoms with Crippen LogP contribution in [0.3, 0.4) is 0 Å². The van der Waals surface area contributed by atoms with Crippen molar-refractivity contribution < 1.29 is 9.90 Å². The number of nitrogens with one attached hydrogen (secondary N) is 1. The highest BCUT2D eigenvalue weighted by atomic mass is 32.1. The number of carboxylic acids is 1. The Morgan fingerprint density at radius 2 is 2.11 bits per heavy atom. The Kier molecular flexibility index (Phi) is 5.13. The van der Waals surface area contributed by atoms with Gasteiger partial charge in [0.1, 0.15) is 5.01 Å². The van der Waals surface area contributed by atoms with E-state index in [1.165, 1.54) is 38.5 Å². The van der Waals surface area contributed by atoms with Crippen molar-refractivity contribution in [1.82, 2.24) is 10.3 Å². The van der Waals surface area contributed by atoms with Crippen molar-refractivity contribution in [2.75, 3.05) is 0 Å². The first kappa shape index (κ1) is 13.5. The maximum atomic E-state index is 10.6. The summed E-state index contributed by atoms with van der Waals surface area (Å²) in [5, 5.41) is 15.1. The number of hydrogen-bond acceptors (Lipinski definition) is 4. The van der Waals surface area contributed by atoms with Crippen LogP contribution in [-0.4, -0.2) is 22.1 Å².